The van der Waals surface area contributed by atoms with E-state index in [9.17, 15) is 14.0 Å². The number of hydrogen-bond acceptors (Lipinski definition) is 3. The van der Waals surface area contributed by atoms with Crippen LogP contribution in [-0.4, -0.2) is 24.4 Å². The van der Waals surface area contributed by atoms with Crippen LogP contribution in [0.5, 0.6) is 0 Å². The fourth-order valence-electron chi connectivity index (χ4n) is 2.81. The van der Waals surface area contributed by atoms with Gasteiger partial charge in [-0.15, -0.1) is 0 Å². The molecule has 2 aliphatic heterocycles. The molecule has 20 heavy (non-hydrogen) atoms. The number of carbonyl (C=O) groups excluding carboxylic acids is 2. The molecule has 1 amide bonds. The fourth-order valence-corrected chi connectivity index (χ4v) is 2.81. The summed E-state index contributed by atoms with van der Waals surface area (Å²) < 4.78 is 19.5. The number of aryl methyl sites for hydroxylation is 1. The molecule has 2 aliphatic rings. The first kappa shape index (κ1) is 13.2. The Balaban J connectivity index is 1.90. The SMILES string of the molecule is CC1CC(C(=O)c2cc3c(cc2F)NC(=O)CC3)CO1. The molecule has 0 radical (unpaired) electrons. The summed E-state index contributed by atoms with van der Waals surface area (Å²) in [6.45, 7) is 2.26. The molecule has 1 N–H and O–H groups in total. The van der Waals surface area contributed by atoms with E-state index in [1.165, 1.54) is 6.07 Å². The van der Waals surface area contributed by atoms with Gasteiger partial charge in [-0.3, -0.25) is 9.59 Å². The first-order valence-electron chi connectivity index (χ1n) is 6.82. The van der Waals surface area contributed by atoms with Gasteiger partial charge in [0.2, 0.25) is 5.91 Å². The molecule has 3 rings (SSSR count). The summed E-state index contributed by atoms with van der Waals surface area (Å²) in [5, 5.41) is 2.63. The van der Waals surface area contributed by atoms with E-state index in [0.29, 0.717) is 31.6 Å². The lowest BCUT2D eigenvalue weighted by atomic mass is 9.92. The maximum absolute atomic E-state index is 14.1. The summed E-state index contributed by atoms with van der Waals surface area (Å²) in [4.78, 5) is 23.6. The molecule has 2 atom stereocenters. The lowest BCUT2D eigenvalue weighted by Gasteiger charge is -2.18. The van der Waals surface area contributed by atoms with Crippen LogP contribution in [-0.2, 0) is 16.0 Å². The van der Waals surface area contributed by atoms with Crippen molar-refractivity contribution in [1.29, 1.82) is 0 Å². The number of ketones is 1. The van der Waals surface area contributed by atoms with E-state index in [1.54, 1.807) is 6.07 Å². The maximum Gasteiger partial charge on any atom is 0.224 e. The number of hydrogen-bond donors (Lipinski definition) is 1. The third-order valence-corrected chi connectivity index (χ3v) is 3.92. The van der Waals surface area contributed by atoms with Crippen LogP contribution in [0, 0.1) is 11.7 Å². The Morgan fingerprint density at radius 2 is 2.20 bits per heavy atom. The van der Waals surface area contributed by atoms with E-state index in [0.717, 1.165) is 5.56 Å². The lowest BCUT2D eigenvalue weighted by Crippen LogP contribution is -2.21. The van der Waals surface area contributed by atoms with Gasteiger partial charge in [0, 0.05) is 18.0 Å². The monoisotopic (exact) mass is 277 g/mol. The first-order valence-corrected chi connectivity index (χ1v) is 6.82. The largest absolute Gasteiger partial charge is 0.378 e. The number of Topliss-reactive ketones (excluding diaryl/α,β-unsaturated/α-hetero) is 1. The molecule has 0 saturated carbocycles. The van der Waals surface area contributed by atoms with E-state index < -0.39 is 5.82 Å². The Labute approximate surface area is 116 Å². The van der Waals surface area contributed by atoms with Gasteiger partial charge in [-0.25, -0.2) is 4.39 Å². The zero-order valence-corrected chi connectivity index (χ0v) is 11.2. The quantitative estimate of drug-likeness (QED) is 0.844. The van der Waals surface area contributed by atoms with Crippen LogP contribution in [0.25, 0.3) is 0 Å². The highest BCUT2D eigenvalue weighted by Crippen LogP contribution is 2.29. The predicted octanol–water partition coefficient (Wildman–Crippen LogP) is 2.32. The van der Waals surface area contributed by atoms with E-state index in [1.807, 2.05) is 6.92 Å². The van der Waals surface area contributed by atoms with Crippen molar-refractivity contribution in [2.75, 3.05) is 11.9 Å². The molecule has 1 aromatic rings. The molecule has 0 aliphatic carbocycles. The second-order valence-electron chi connectivity index (χ2n) is 5.48. The Kier molecular flexibility index (Phi) is 3.30. The first-order chi connectivity index (χ1) is 9.54. The van der Waals surface area contributed by atoms with Gasteiger partial charge >= 0.3 is 0 Å². The van der Waals surface area contributed by atoms with Gasteiger partial charge in [0.25, 0.3) is 0 Å². The van der Waals surface area contributed by atoms with Crippen LogP contribution in [0.4, 0.5) is 10.1 Å². The second-order valence-corrected chi connectivity index (χ2v) is 5.48. The summed E-state index contributed by atoms with van der Waals surface area (Å²) in [6, 6.07) is 2.83. The highest BCUT2D eigenvalue weighted by atomic mass is 19.1. The predicted molar refractivity (Wildman–Crippen MR) is 71.2 cm³/mol. The van der Waals surface area contributed by atoms with Gasteiger partial charge in [0.15, 0.2) is 5.78 Å². The molecule has 4 nitrogen and oxygen atoms in total. The third-order valence-electron chi connectivity index (χ3n) is 3.92. The van der Waals surface area contributed by atoms with Gasteiger partial charge in [-0.2, -0.15) is 0 Å². The van der Waals surface area contributed by atoms with Crippen LogP contribution in [0.2, 0.25) is 0 Å². The number of rotatable bonds is 2. The van der Waals surface area contributed by atoms with Gasteiger partial charge in [-0.05, 0) is 37.5 Å². The van der Waals surface area contributed by atoms with Crippen molar-refractivity contribution in [3.05, 3.63) is 29.1 Å². The number of nitrogens with one attached hydrogen (secondary N) is 1. The van der Waals surface area contributed by atoms with Crippen molar-refractivity contribution >= 4 is 17.4 Å². The second kappa shape index (κ2) is 4.98. The molecule has 0 spiro atoms. The standard InChI is InChI=1S/C15H16FNO3/c1-8-4-10(7-20-8)15(19)11-5-9-2-3-14(18)17-13(9)6-12(11)16/h5-6,8,10H,2-4,7H2,1H3,(H,17,18). The Bertz CT molecular complexity index is 585. The summed E-state index contributed by atoms with van der Waals surface area (Å²) in [5.41, 5.74) is 1.41. The third kappa shape index (κ3) is 2.33. The highest BCUT2D eigenvalue weighted by Gasteiger charge is 2.31. The molecule has 5 heteroatoms. The number of halogens is 1. The molecular formula is C15H16FNO3. The van der Waals surface area contributed by atoms with Crippen LogP contribution >= 0.6 is 0 Å². The number of fused-ring (bicyclic) bond motifs is 1. The van der Waals surface area contributed by atoms with Crippen molar-refractivity contribution in [3.63, 3.8) is 0 Å². The average Bonchev–Trinajstić information content (AvgIpc) is 2.84. The molecule has 2 unspecified atom stereocenters. The Morgan fingerprint density at radius 3 is 2.90 bits per heavy atom. The molecule has 106 valence electrons. The molecule has 0 bridgehead atoms. The van der Waals surface area contributed by atoms with Crippen molar-refractivity contribution in [3.8, 4) is 0 Å². The Morgan fingerprint density at radius 1 is 1.40 bits per heavy atom. The van der Waals surface area contributed by atoms with E-state index in [-0.39, 0.29) is 29.3 Å². The van der Waals surface area contributed by atoms with E-state index >= 15 is 0 Å². The number of anilines is 1. The van der Waals surface area contributed by atoms with Crippen LogP contribution in [0.3, 0.4) is 0 Å². The minimum absolute atomic E-state index is 0.0453. The van der Waals surface area contributed by atoms with E-state index in [4.69, 9.17) is 4.74 Å². The highest BCUT2D eigenvalue weighted by molar-refractivity contribution is 6.00. The maximum atomic E-state index is 14.1. The van der Waals surface area contributed by atoms with Crippen LogP contribution < -0.4 is 5.32 Å². The average molecular weight is 277 g/mol. The molecule has 1 aromatic carbocycles. The van der Waals surface area contributed by atoms with Crippen LogP contribution in [0.1, 0.15) is 35.7 Å². The minimum atomic E-state index is -0.574. The molecule has 1 fully saturated rings. The van der Waals surface area contributed by atoms with Gasteiger partial charge in [0.1, 0.15) is 5.82 Å². The number of carbonyl (C=O) groups is 2. The normalized spacial score (nSPS) is 25.2. The summed E-state index contributed by atoms with van der Waals surface area (Å²) in [7, 11) is 0. The minimum Gasteiger partial charge on any atom is -0.378 e. The molecular weight excluding hydrogens is 261 g/mol. The summed E-state index contributed by atoms with van der Waals surface area (Å²) >= 11 is 0. The number of amides is 1. The topological polar surface area (TPSA) is 55.4 Å². The van der Waals surface area contributed by atoms with Crippen molar-refractivity contribution < 1.29 is 18.7 Å². The van der Waals surface area contributed by atoms with Gasteiger partial charge < -0.3 is 10.1 Å². The van der Waals surface area contributed by atoms with Crippen molar-refractivity contribution in [1.82, 2.24) is 0 Å². The lowest BCUT2D eigenvalue weighted by molar-refractivity contribution is -0.116. The molecule has 1 saturated heterocycles. The van der Waals surface area contributed by atoms with Gasteiger partial charge in [0.05, 0.1) is 18.3 Å². The zero-order valence-electron chi connectivity index (χ0n) is 11.2. The molecule has 0 aromatic heterocycles. The summed E-state index contributed by atoms with van der Waals surface area (Å²) in [6.07, 6.45) is 1.59. The van der Waals surface area contributed by atoms with Crippen molar-refractivity contribution in [2.24, 2.45) is 5.92 Å². The van der Waals surface area contributed by atoms with E-state index in [2.05, 4.69) is 5.32 Å². The number of benzene rings is 1. The zero-order chi connectivity index (χ0) is 14.3. The smallest absolute Gasteiger partial charge is 0.224 e. The Hall–Kier alpha value is -1.75. The summed E-state index contributed by atoms with van der Waals surface area (Å²) in [5.74, 6) is -1.16. The van der Waals surface area contributed by atoms with Gasteiger partial charge in [-0.1, -0.05) is 0 Å². The number of ether oxygens (including phenoxy) is 1. The molecule has 2 heterocycles. The fraction of sp³-hybridized carbons (Fsp3) is 0.467. The van der Waals surface area contributed by atoms with Crippen molar-refractivity contribution in [2.45, 2.75) is 32.3 Å². The van der Waals surface area contributed by atoms with Crippen LogP contribution in [0.15, 0.2) is 12.1 Å².